The number of ketones is 1. The van der Waals surface area contributed by atoms with E-state index >= 15 is 0 Å². The first-order valence-electron chi connectivity index (χ1n) is 9.90. The molecular formula is C23H26ClN2O3+. The molecule has 0 spiro atoms. The average molecular weight is 414 g/mol. The number of Topliss-reactive ketones (excluding diaryl/α,β-unsaturated/α-hetero) is 1. The van der Waals surface area contributed by atoms with Gasteiger partial charge in [-0.05, 0) is 31.5 Å². The summed E-state index contributed by atoms with van der Waals surface area (Å²) in [6.45, 7) is 7.24. The molecule has 2 N–H and O–H groups in total. The van der Waals surface area contributed by atoms with Crippen molar-refractivity contribution in [2.24, 2.45) is 0 Å². The molecule has 152 valence electrons. The van der Waals surface area contributed by atoms with Crippen molar-refractivity contribution >= 4 is 29.1 Å². The minimum atomic E-state index is -0.652. The number of quaternary nitrogens is 1. The molecule has 0 aliphatic carbocycles. The molecule has 1 heterocycles. The van der Waals surface area contributed by atoms with Crippen LogP contribution in [0.1, 0.15) is 31.0 Å². The molecule has 1 aliphatic rings. The smallest absolute Gasteiger partial charge is 0.295 e. The van der Waals surface area contributed by atoms with Crippen molar-refractivity contribution in [2.45, 2.75) is 19.9 Å². The summed E-state index contributed by atoms with van der Waals surface area (Å²) in [7, 11) is 0. The van der Waals surface area contributed by atoms with E-state index in [1.54, 1.807) is 53.4 Å². The highest BCUT2D eigenvalue weighted by Gasteiger charge is 2.46. The predicted molar refractivity (Wildman–Crippen MR) is 114 cm³/mol. The summed E-state index contributed by atoms with van der Waals surface area (Å²) >= 11 is 6.04. The van der Waals surface area contributed by atoms with Crippen LogP contribution < -0.4 is 4.90 Å². The predicted octanol–water partition coefficient (Wildman–Crippen LogP) is 2.69. The highest BCUT2D eigenvalue weighted by molar-refractivity contribution is 6.46. The van der Waals surface area contributed by atoms with Gasteiger partial charge in [0.2, 0.25) is 0 Å². The Morgan fingerprint density at radius 2 is 1.66 bits per heavy atom. The lowest BCUT2D eigenvalue weighted by Crippen LogP contribution is -3.12. The summed E-state index contributed by atoms with van der Waals surface area (Å²) < 4.78 is 0. The second-order valence-corrected chi connectivity index (χ2v) is 7.55. The molecule has 29 heavy (non-hydrogen) atoms. The number of hydrogen-bond acceptors (Lipinski definition) is 3. The molecule has 0 unspecified atom stereocenters. The van der Waals surface area contributed by atoms with Crippen molar-refractivity contribution in [1.82, 2.24) is 4.90 Å². The van der Waals surface area contributed by atoms with Gasteiger partial charge in [0.05, 0.1) is 37.8 Å². The third-order valence-corrected chi connectivity index (χ3v) is 5.73. The van der Waals surface area contributed by atoms with Gasteiger partial charge in [0.15, 0.2) is 0 Å². The number of aliphatic hydroxyl groups excluding tert-OH is 1. The van der Waals surface area contributed by atoms with Gasteiger partial charge in [-0.15, -0.1) is 0 Å². The van der Waals surface area contributed by atoms with Crippen LogP contribution in [0.2, 0.25) is 5.02 Å². The normalized spacial score (nSPS) is 18.6. The van der Waals surface area contributed by atoms with Crippen molar-refractivity contribution in [2.75, 3.05) is 26.2 Å². The van der Waals surface area contributed by atoms with Gasteiger partial charge in [0, 0.05) is 10.6 Å². The van der Waals surface area contributed by atoms with E-state index in [9.17, 15) is 14.7 Å². The number of carbonyl (C=O) groups excluding carboxylic acids is 2. The summed E-state index contributed by atoms with van der Waals surface area (Å²) in [4.78, 5) is 28.7. The lowest BCUT2D eigenvalue weighted by atomic mass is 9.95. The Morgan fingerprint density at radius 1 is 1.03 bits per heavy atom. The third kappa shape index (κ3) is 4.36. The Bertz CT molecular complexity index is 905. The second kappa shape index (κ2) is 9.25. The minimum Gasteiger partial charge on any atom is -0.507 e. The van der Waals surface area contributed by atoms with Gasteiger partial charge in [-0.3, -0.25) is 9.59 Å². The third-order valence-electron chi connectivity index (χ3n) is 5.48. The van der Waals surface area contributed by atoms with E-state index in [2.05, 4.69) is 13.8 Å². The number of carbonyl (C=O) groups is 2. The molecule has 0 aromatic heterocycles. The monoisotopic (exact) mass is 413 g/mol. The Balaban J connectivity index is 2.07. The molecule has 2 aromatic rings. The van der Waals surface area contributed by atoms with Crippen LogP contribution in [-0.4, -0.2) is 47.9 Å². The first-order chi connectivity index (χ1) is 14.0. The quantitative estimate of drug-likeness (QED) is 0.417. The molecule has 5 nitrogen and oxygen atoms in total. The largest absolute Gasteiger partial charge is 0.507 e. The Morgan fingerprint density at radius 3 is 2.24 bits per heavy atom. The minimum absolute atomic E-state index is 0.123. The van der Waals surface area contributed by atoms with Crippen LogP contribution in [0.25, 0.3) is 5.76 Å². The molecular weight excluding hydrogens is 388 g/mol. The Hall–Kier alpha value is -2.63. The van der Waals surface area contributed by atoms with E-state index in [0.717, 1.165) is 25.2 Å². The number of nitrogens with zero attached hydrogens (tertiary/aromatic N) is 1. The van der Waals surface area contributed by atoms with Crippen LogP contribution in [0.3, 0.4) is 0 Å². The van der Waals surface area contributed by atoms with Crippen LogP contribution in [0.4, 0.5) is 0 Å². The summed E-state index contributed by atoms with van der Waals surface area (Å²) in [5.41, 5.74) is 1.39. The van der Waals surface area contributed by atoms with Crippen molar-refractivity contribution in [3.63, 3.8) is 0 Å². The highest BCUT2D eigenvalue weighted by Crippen LogP contribution is 2.39. The zero-order valence-corrected chi connectivity index (χ0v) is 17.4. The first-order valence-corrected chi connectivity index (χ1v) is 10.3. The molecule has 1 fully saturated rings. The second-order valence-electron chi connectivity index (χ2n) is 7.12. The summed E-state index contributed by atoms with van der Waals surface area (Å²) in [5.74, 6) is -1.38. The van der Waals surface area contributed by atoms with E-state index in [-0.39, 0.29) is 11.3 Å². The van der Waals surface area contributed by atoms with Gasteiger partial charge >= 0.3 is 0 Å². The van der Waals surface area contributed by atoms with E-state index < -0.39 is 17.7 Å². The van der Waals surface area contributed by atoms with Crippen LogP contribution >= 0.6 is 11.6 Å². The molecule has 1 aliphatic heterocycles. The fourth-order valence-electron chi connectivity index (χ4n) is 3.74. The molecule has 1 amide bonds. The highest BCUT2D eigenvalue weighted by atomic mass is 35.5. The van der Waals surface area contributed by atoms with Crippen LogP contribution in [0.15, 0.2) is 60.2 Å². The fraction of sp³-hybridized carbons (Fsp3) is 0.304. The van der Waals surface area contributed by atoms with Crippen LogP contribution in [0.5, 0.6) is 0 Å². The van der Waals surface area contributed by atoms with Gasteiger partial charge in [-0.2, -0.15) is 0 Å². The summed E-state index contributed by atoms with van der Waals surface area (Å²) in [6, 6.07) is 15.3. The van der Waals surface area contributed by atoms with Crippen LogP contribution in [-0.2, 0) is 9.59 Å². The molecule has 0 bridgehead atoms. The van der Waals surface area contributed by atoms with Gasteiger partial charge in [0.25, 0.3) is 11.7 Å². The van der Waals surface area contributed by atoms with Crippen molar-refractivity contribution in [3.8, 4) is 0 Å². The van der Waals surface area contributed by atoms with E-state index in [1.807, 2.05) is 6.07 Å². The van der Waals surface area contributed by atoms with Crippen LogP contribution in [0, 0.1) is 0 Å². The fourth-order valence-corrected chi connectivity index (χ4v) is 3.86. The Kier molecular flexibility index (Phi) is 6.72. The number of rotatable bonds is 7. The number of likely N-dealkylation sites (tertiary alicyclic amines) is 1. The SMILES string of the molecule is CC[NH+](CC)CCN1C(=O)C(=O)C(=C(O)c2ccccc2)[C@@H]1c1ccc(Cl)cc1. The maximum Gasteiger partial charge on any atom is 0.295 e. The maximum absolute atomic E-state index is 12.9. The maximum atomic E-state index is 12.9. The van der Waals surface area contributed by atoms with E-state index in [1.165, 1.54) is 4.90 Å². The Labute approximate surface area is 176 Å². The lowest BCUT2D eigenvalue weighted by Gasteiger charge is -2.27. The summed E-state index contributed by atoms with van der Waals surface area (Å²) in [5, 5.41) is 11.5. The molecule has 0 radical (unpaired) electrons. The molecule has 3 rings (SSSR count). The van der Waals surface area contributed by atoms with E-state index in [0.29, 0.717) is 17.1 Å². The first kappa shape index (κ1) is 21.1. The molecule has 1 atom stereocenters. The standard InChI is InChI=1S/C23H25ClN2O3/c1-3-25(4-2)14-15-26-20(16-10-12-18(24)13-11-16)19(22(28)23(26)29)21(27)17-8-6-5-7-9-17/h5-13,20,27H,3-4,14-15H2,1-2H3/p+1/t20-/m0/s1. The van der Waals surface area contributed by atoms with Gasteiger partial charge in [0.1, 0.15) is 5.76 Å². The number of aliphatic hydroxyl groups is 1. The number of likely N-dealkylation sites (N-methyl/N-ethyl adjacent to an activating group) is 1. The zero-order chi connectivity index (χ0) is 21.0. The van der Waals surface area contributed by atoms with E-state index in [4.69, 9.17) is 11.6 Å². The van der Waals surface area contributed by atoms with Gasteiger partial charge in [-0.1, -0.05) is 54.1 Å². The van der Waals surface area contributed by atoms with Crippen molar-refractivity contribution < 1.29 is 19.6 Å². The number of amides is 1. The summed E-state index contributed by atoms with van der Waals surface area (Å²) in [6.07, 6.45) is 0. The number of benzene rings is 2. The molecule has 0 saturated carbocycles. The zero-order valence-electron chi connectivity index (χ0n) is 16.7. The number of hydrogen-bond donors (Lipinski definition) is 2. The molecule has 6 heteroatoms. The van der Waals surface area contributed by atoms with Gasteiger partial charge in [-0.25, -0.2) is 0 Å². The topological polar surface area (TPSA) is 62.0 Å². The van der Waals surface area contributed by atoms with Gasteiger partial charge < -0.3 is 14.9 Å². The molecule has 2 aromatic carbocycles. The van der Waals surface area contributed by atoms with Crippen molar-refractivity contribution in [1.29, 1.82) is 0 Å². The average Bonchev–Trinajstić information content (AvgIpc) is 3.00. The molecule has 1 saturated heterocycles. The number of halogens is 1. The number of nitrogens with one attached hydrogen (secondary N) is 1. The van der Waals surface area contributed by atoms with Crippen molar-refractivity contribution in [3.05, 3.63) is 76.3 Å². The lowest BCUT2D eigenvalue weighted by molar-refractivity contribution is -0.895.